The number of carbonyl (C=O) groups excluding carboxylic acids is 2. The number of nitrogens with one attached hydrogen (secondary N) is 2. The molecule has 12 heavy (non-hydrogen) atoms. The van der Waals surface area contributed by atoms with Crippen LogP contribution in [0.1, 0.15) is 20.8 Å². The number of rotatable bonds is 4. The zero-order chi connectivity index (χ0) is 9.56. The Morgan fingerprint density at radius 3 is 2.25 bits per heavy atom. The van der Waals surface area contributed by atoms with Gasteiger partial charge in [0.1, 0.15) is 5.78 Å². The molecule has 4 heteroatoms. The maximum atomic E-state index is 10.9. The minimum absolute atomic E-state index is 0.0466. The molecule has 0 saturated heterocycles. The van der Waals surface area contributed by atoms with Crippen LogP contribution in [0.5, 0.6) is 0 Å². The highest BCUT2D eigenvalue weighted by atomic mass is 16.2. The summed E-state index contributed by atoms with van der Waals surface area (Å²) in [6.07, 6.45) is 0. The third kappa shape index (κ3) is 7.05. The number of hydrogen-bond donors (Lipinski definition) is 2. The van der Waals surface area contributed by atoms with Crippen molar-refractivity contribution in [2.45, 2.75) is 20.8 Å². The number of hydrogen-bond acceptors (Lipinski definition) is 2. The van der Waals surface area contributed by atoms with Crippen LogP contribution in [-0.4, -0.2) is 24.9 Å². The quantitative estimate of drug-likeness (QED) is 0.650. The van der Waals surface area contributed by atoms with E-state index in [1.54, 1.807) is 0 Å². The van der Waals surface area contributed by atoms with E-state index in [2.05, 4.69) is 10.6 Å². The third-order valence-electron chi connectivity index (χ3n) is 1.17. The molecule has 2 amide bonds. The minimum atomic E-state index is -0.279. The minimum Gasteiger partial charge on any atom is -0.338 e. The van der Waals surface area contributed by atoms with E-state index in [-0.39, 0.29) is 18.4 Å². The van der Waals surface area contributed by atoms with Crippen LogP contribution in [0, 0.1) is 5.92 Å². The fourth-order valence-electron chi connectivity index (χ4n) is 0.564. The Morgan fingerprint density at radius 1 is 1.25 bits per heavy atom. The molecule has 0 aliphatic heterocycles. The summed E-state index contributed by atoms with van der Waals surface area (Å²) >= 11 is 0. The van der Waals surface area contributed by atoms with Gasteiger partial charge in [-0.3, -0.25) is 4.79 Å². The van der Waals surface area contributed by atoms with Crippen LogP contribution in [0.2, 0.25) is 0 Å². The van der Waals surface area contributed by atoms with Gasteiger partial charge in [0, 0.05) is 6.54 Å². The molecule has 0 radical (unpaired) electrons. The highest BCUT2D eigenvalue weighted by Gasteiger charge is 2.01. The van der Waals surface area contributed by atoms with Crippen LogP contribution >= 0.6 is 0 Å². The molecule has 0 saturated carbocycles. The van der Waals surface area contributed by atoms with Crippen molar-refractivity contribution < 1.29 is 9.59 Å². The van der Waals surface area contributed by atoms with Crippen molar-refractivity contribution in [3.05, 3.63) is 0 Å². The Hall–Kier alpha value is -1.06. The molecule has 0 unspecified atom stereocenters. The highest BCUT2D eigenvalue weighted by Crippen LogP contribution is 1.85. The zero-order valence-corrected chi connectivity index (χ0v) is 7.81. The summed E-state index contributed by atoms with van der Waals surface area (Å²) in [5.41, 5.74) is 0. The topological polar surface area (TPSA) is 58.2 Å². The molecule has 2 N–H and O–H groups in total. The summed E-state index contributed by atoms with van der Waals surface area (Å²) in [5.74, 6) is 0.378. The number of carbonyl (C=O) groups is 2. The van der Waals surface area contributed by atoms with Crippen molar-refractivity contribution in [3.63, 3.8) is 0 Å². The second kappa shape index (κ2) is 5.57. The predicted molar refractivity (Wildman–Crippen MR) is 46.9 cm³/mol. The van der Waals surface area contributed by atoms with Gasteiger partial charge in [0.2, 0.25) is 0 Å². The van der Waals surface area contributed by atoms with Crippen LogP contribution < -0.4 is 10.6 Å². The predicted octanol–water partition coefficient (Wildman–Crippen LogP) is 0.531. The van der Waals surface area contributed by atoms with E-state index in [9.17, 15) is 9.59 Å². The van der Waals surface area contributed by atoms with Gasteiger partial charge in [-0.15, -0.1) is 0 Å². The van der Waals surface area contributed by atoms with Gasteiger partial charge in [-0.05, 0) is 12.8 Å². The first-order valence-corrected chi connectivity index (χ1v) is 4.03. The molecular weight excluding hydrogens is 156 g/mol. The molecule has 0 aliphatic rings. The van der Waals surface area contributed by atoms with Gasteiger partial charge < -0.3 is 10.6 Å². The van der Waals surface area contributed by atoms with Crippen molar-refractivity contribution in [2.24, 2.45) is 5.92 Å². The first kappa shape index (κ1) is 10.9. The van der Waals surface area contributed by atoms with Crippen LogP contribution in [0.4, 0.5) is 4.79 Å². The molecule has 4 nitrogen and oxygen atoms in total. The summed E-state index contributed by atoms with van der Waals surface area (Å²) in [6.45, 7) is 6.17. The lowest BCUT2D eigenvalue weighted by atomic mass is 10.2. The Balaban J connectivity index is 3.40. The first-order valence-electron chi connectivity index (χ1n) is 4.03. The van der Waals surface area contributed by atoms with Crippen molar-refractivity contribution >= 4 is 11.8 Å². The SMILES string of the molecule is CC(=O)CNC(=O)NCC(C)C. The van der Waals surface area contributed by atoms with Crippen LogP contribution in [0.15, 0.2) is 0 Å². The Labute approximate surface area is 72.7 Å². The molecule has 0 aliphatic carbocycles. The van der Waals surface area contributed by atoms with E-state index in [4.69, 9.17) is 0 Å². The van der Waals surface area contributed by atoms with Crippen molar-refractivity contribution in [1.29, 1.82) is 0 Å². The van der Waals surface area contributed by atoms with E-state index in [0.29, 0.717) is 12.5 Å². The standard InChI is InChI=1S/C8H16N2O2/c1-6(2)4-9-8(12)10-5-7(3)11/h6H,4-5H2,1-3H3,(H2,9,10,12). The molecule has 0 rings (SSSR count). The Morgan fingerprint density at radius 2 is 1.83 bits per heavy atom. The summed E-state index contributed by atoms with van der Waals surface area (Å²) in [4.78, 5) is 21.3. The number of urea groups is 1. The molecular formula is C8H16N2O2. The van der Waals surface area contributed by atoms with Crippen LogP contribution in [0.3, 0.4) is 0 Å². The zero-order valence-electron chi connectivity index (χ0n) is 7.81. The van der Waals surface area contributed by atoms with E-state index >= 15 is 0 Å². The van der Waals surface area contributed by atoms with E-state index in [0.717, 1.165) is 0 Å². The molecule has 0 heterocycles. The van der Waals surface area contributed by atoms with E-state index in [1.807, 2.05) is 13.8 Å². The maximum Gasteiger partial charge on any atom is 0.315 e. The normalized spacial score (nSPS) is 9.67. The summed E-state index contributed by atoms with van der Waals surface area (Å²) < 4.78 is 0. The lowest BCUT2D eigenvalue weighted by molar-refractivity contribution is -0.116. The van der Waals surface area contributed by atoms with Crippen LogP contribution in [-0.2, 0) is 4.79 Å². The summed E-state index contributed by atoms with van der Waals surface area (Å²) in [6, 6.07) is -0.279. The number of ketones is 1. The van der Waals surface area contributed by atoms with E-state index < -0.39 is 0 Å². The average molecular weight is 172 g/mol. The van der Waals surface area contributed by atoms with E-state index in [1.165, 1.54) is 6.92 Å². The second-order valence-corrected chi connectivity index (χ2v) is 3.16. The molecule has 0 aromatic rings. The number of amides is 2. The molecule has 0 fully saturated rings. The molecule has 0 bridgehead atoms. The summed E-state index contributed by atoms with van der Waals surface area (Å²) in [7, 11) is 0. The van der Waals surface area contributed by atoms with Crippen molar-refractivity contribution in [2.75, 3.05) is 13.1 Å². The van der Waals surface area contributed by atoms with Gasteiger partial charge >= 0.3 is 6.03 Å². The Kier molecular flexibility index (Phi) is 5.08. The molecule has 0 aromatic carbocycles. The molecule has 0 spiro atoms. The van der Waals surface area contributed by atoms with Gasteiger partial charge in [0.05, 0.1) is 6.54 Å². The molecule has 0 atom stereocenters. The smallest absolute Gasteiger partial charge is 0.315 e. The molecule has 0 aromatic heterocycles. The molecule has 70 valence electrons. The monoisotopic (exact) mass is 172 g/mol. The Bertz CT molecular complexity index is 166. The fraction of sp³-hybridized carbons (Fsp3) is 0.750. The lowest BCUT2D eigenvalue weighted by Crippen LogP contribution is -2.39. The average Bonchev–Trinajstić information content (AvgIpc) is 1.96. The summed E-state index contributed by atoms with van der Waals surface area (Å²) in [5, 5.41) is 5.07. The maximum absolute atomic E-state index is 10.9. The van der Waals surface area contributed by atoms with Gasteiger partial charge in [0.25, 0.3) is 0 Å². The van der Waals surface area contributed by atoms with Gasteiger partial charge in [-0.1, -0.05) is 13.8 Å². The van der Waals surface area contributed by atoms with Gasteiger partial charge in [-0.2, -0.15) is 0 Å². The third-order valence-corrected chi connectivity index (χ3v) is 1.17. The number of Topliss-reactive ketones (excluding diaryl/α,β-unsaturated/α-hetero) is 1. The van der Waals surface area contributed by atoms with Gasteiger partial charge in [-0.25, -0.2) is 4.79 Å². The fourth-order valence-corrected chi connectivity index (χ4v) is 0.564. The van der Waals surface area contributed by atoms with Crippen molar-refractivity contribution in [3.8, 4) is 0 Å². The highest BCUT2D eigenvalue weighted by molar-refractivity contribution is 5.83. The largest absolute Gasteiger partial charge is 0.338 e. The van der Waals surface area contributed by atoms with Crippen LogP contribution in [0.25, 0.3) is 0 Å². The first-order chi connectivity index (χ1) is 5.52. The lowest BCUT2D eigenvalue weighted by Gasteiger charge is -2.07. The van der Waals surface area contributed by atoms with Gasteiger partial charge in [0.15, 0.2) is 0 Å². The second-order valence-electron chi connectivity index (χ2n) is 3.16. The van der Waals surface area contributed by atoms with Crippen molar-refractivity contribution in [1.82, 2.24) is 10.6 Å².